The van der Waals surface area contributed by atoms with Crippen molar-refractivity contribution in [1.82, 2.24) is 10.2 Å². The monoisotopic (exact) mass is 485 g/mol. The third-order valence-electron chi connectivity index (χ3n) is 4.62. The molecular weight excluding hydrogens is 466 g/mol. The molecule has 1 amide bonds. The zero-order chi connectivity index (χ0) is 24.5. The van der Waals surface area contributed by atoms with E-state index in [0.29, 0.717) is 11.5 Å². The van der Waals surface area contributed by atoms with Crippen molar-refractivity contribution in [2.75, 3.05) is 11.1 Å². The Morgan fingerprint density at radius 1 is 1.03 bits per heavy atom. The van der Waals surface area contributed by atoms with Gasteiger partial charge in [0.2, 0.25) is 11.8 Å². The van der Waals surface area contributed by atoms with Crippen LogP contribution in [0.1, 0.15) is 5.56 Å². The summed E-state index contributed by atoms with van der Waals surface area (Å²) in [7, 11) is 0. The predicted octanol–water partition coefficient (Wildman–Crippen LogP) is 5.79. The first-order valence-corrected chi connectivity index (χ1v) is 11.4. The zero-order valence-corrected chi connectivity index (χ0v) is 19.1. The minimum absolute atomic E-state index is 0.0438. The smallest absolute Gasteiger partial charge is 0.292 e. The van der Waals surface area contributed by atoms with Crippen molar-refractivity contribution in [1.29, 1.82) is 0 Å². The van der Waals surface area contributed by atoms with Gasteiger partial charge in [0.25, 0.3) is 10.9 Å². The molecule has 35 heavy (non-hydrogen) atoms. The Bertz CT molecular complexity index is 1370. The third-order valence-corrected chi connectivity index (χ3v) is 5.44. The number of nitrogens with one attached hydrogen (secondary N) is 1. The van der Waals surface area contributed by atoms with Crippen LogP contribution in [0.5, 0.6) is 0 Å². The van der Waals surface area contributed by atoms with E-state index in [0.717, 1.165) is 23.0 Å². The highest BCUT2D eigenvalue weighted by Gasteiger charge is 2.16. The van der Waals surface area contributed by atoms with Gasteiger partial charge in [-0.1, -0.05) is 60.3 Å². The number of hydrogen-bond acceptors (Lipinski definition) is 8. The van der Waals surface area contributed by atoms with Gasteiger partial charge in [-0.3, -0.25) is 19.9 Å². The molecule has 9 nitrogen and oxygen atoms in total. The minimum atomic E-state index is -0.551. The van der Waals surface area contributed by atoms with Gasteiger partial charge < -0.3 is 9.73 Å². The molecule has 3 aromatic carbocycles. The second-order valence-corrected chi connectivity index (χ2v) is 8.01. The summed E-state index contributed by atoms with van der Waals surface area (Å²) in [5.41, 5.74) is 2.54. The van der Waals surface area contributed by atoms with Crippen LogP contribution in [0.4, 0.5) is 17.1 Å². The number of carbonyl (C=O) groups is 1. The van der Waals surface area contributed by atoms with Gasteiger partial charge >= 0.3 is 0 Å². The van der Waals surface area contributed by atoms with E-state index in [1.807, 2.05) is 66.7 Å². The van der Waals surface area contributed by atoms with Crippen LogP contribution >= 0.6 is 11.8 Å². The van der Waals surface area contributed by atoms with Crippen LogP contribution in [0.15, 0.2) is 99.6 Å². The Kier molecular flexibility index (Phi) is 7.77. The summed E-state index contributed by atoms with van der Waals surface area (Å²) in [5.74, 6) is -0.156. The summed E-state index contributed by atoms with van der Waals surface area (Å²) in [6.07, 6.45) is 5.56. The number of benzene rings is 3. The van der Waals surface area contributed by atoms with E-state index in [1.54, 1.807) is 12.3 Å². The lowest BCUT2D eigenvalue weighted by atomic mass is 10.2. The molecule has 174 valence electrons. The van der Waals surface area contributed by atoms with Crippen LogP contribution < -0.4 is 5.32 Å². The maximum absolute atomic E-state index is 12.2. The minimum Gasteiger partial charge on any atom is -0.411 e. The standard InChI is InChI=1S/C25H19N5O4S/c31-23(27-21-10-4-5-11-22(21)30(32)33)17-35-25-29-28-24(34-25)19-12-14-20(15-13-19)26-16-6-9-18-7-2-1-3-8-18/h1-16H,17H2,(H,27,31)/b9-6+,26-16?. The lowest BCUT2D eigenvalue weighted by Gasteiger charge is -2.04. The first-order valence-electron chi connectivity index (χ1n) is 10.4. The fraction of sp³-hybridized carbons (Fsp3) is 0.0400. The SMILES string of the molecule is O=C(CSc1nnc(-c2ccc(N=C/C=C/c3ccccc3)cc2)o1)Nc1ccccc1[N+](=O)[O-]. The highest BCUT2D eigenvalue weighted by molar-refractivity contribution is 7.99. The van der Waals surface area contributed by atoms with E-state index in [1.165, 1.54) is 18.2 Å². The molecule has 0 fully saturated rings. The summed E-state index contributed by atoms with van der Waals surface area (Å²) in [5, 5.41) is 21.8. The molecule has 10 heteroatoms. The number of carbonyl (C=O) groups excluding carboxylic acids is 1. The number of aromatic nitrogens is 2. The second-order valence-electron chi connectivity index (χ2n) is 7.08. The molecule has 0 aliphatic carbocycles. The fourth-order valence-electron chi connectivity index (χ4n) is 2.97. The number of hydrogen-bond donors (Lipinski definition) is 1. The number of para-hydroxylation sites is 2. The highest BCUT2D eigenvalue weighted by Crippen LogP contribution is 2.26. The summed E-state index contributed by atoms with van der Waals surface area (Å²) >= 11 is 1.04. The highest BCUT2D eigenvalue weighted by atomic mass is 32.2. The van der Waals surface area contributed by atoms with Crippen LogP contribution in [0, 0.1) is 10.1 Å². The molecule has 1 heterocycles. The predicted molar refractivity (Wildman–Crippen MR) is 136 cm³/mol. The number of aliphatic imine (C=N–C) groups is 1. The molecule has 0 unspecified atom stereocenters. The average molecular weight is 486 g/mol. The van der Waals surface area contributed by atoms with E-state index >= 15 is 0 Å². The quantitative estimate of drug-likeness (QED) is 0.138. The Morgan fingerprint density at radius 2 is 1.77 bits per heavy atom. The number of thioether (sulfide) groups is 1. The van der Waals surface area contributed by atoms with Crippen molar-refractivity contribution < 1.29 is 14.1 Å². The molecule has 4 rings (SSSR count). The summed E-state index contributed by atoms with van der Waals surface area (Å²) < 4.78 is 5.62. The molecule has 1 aromatic heterocycles. The molecule has 0 aliphatic heterocycles. The van der Waals surface area contributed by atoms with Crippen molar-refractivity contribution in [3.8, 4) is 11.5 Å². The number of nitro groups is 1. The zero-order valence-electron chi connectivity index (χ0n) is 18.3. The molecule has 4 aromatic rings. The van der Waals surface area contributed by atoms with Gasteiger partial charge in [0.15, 0.2) is 0 Å². The van der Waals surface area contributed by atoms with Gasteiger partial charge in [-0.15, -0.1) is 10.2 Å². The Hall–Kier alpha value is -4.57. The molecular formula is C25H19N5O4S. The lowest BCUT2D eigenvalue weighted by molar-refractivity contribution is -0.383. The molecule has 0 aliphatic rings. The number of amides is 1. The van der Waals surface area contributed by atoms with Crippen molar-refractivity contribution in [3.63, 3.8) is 0 Å². The number of nitrogens with zero attached hydrogens (tertiary/aromatic N) is 4. The van der Waals surface area contributed by atoms with Crippen molar-refractivity contribution >= 4 is 47.0 Å². The molecule has 0 spiro atoms. The van der Waals surface area contributed by atoms with E-state index in [-0.39, 0.29) is 22.4 Å². The number of anilines is 1. The van der Waals surface area contributed by atoms with Gasteiger partial charge in [0, 0.05) is 17.8 Å². The van der Waals surface area contributed by atoms with Crippen LogP contribution in [0.2, 0.25) is 0 Å². The van der Waals surface area contributed by atoms with Gasteiger partial charge in [0.1, 0.15) is 5.69 Å². The number of nitro benzene ring substituents is 1. The molecule has 0 atom stereocenters. The van der Waals surface area contributed by atoms with Crippen LogP contribution in [-0.2, 0) is 4.79 Å². The lowest BCUT2D eigenvalue weighted by Crippen LogP contribution is -2.15. The number of allylic oxidation sites excluding steroid dienone is 1. The van der Waals surface area contributed by atoms with Gasteiger partial charge in [-0.2, -0.15) is 0 Å². The van der Waals surface area contributed by atoms with Crippen molar-refractivity contribution in [2.45, 2.75) is 5.22 Å². The van der Waals surface area contributed by atoms with Gasteiger partial charge in [-0.25, -0.2) is 0 Å². The van der Waals surface area contributed by atoms with Crippen LogP contribution in [0.3, 0.4) is 0 Å². The Labute approximate surface area is 204 Å². The first kappa shape index (κ1) is 23.6. The van der Waals surface area contributed by atoms with E-state index in [9.17, 15) is 14.9 Å². The van der Waals surface area contributed by atoms with E-state index < -0.39 is 10.8 Å². The maximum atomic E-state index is 12.2. The topological polar surface area (TPSA) is 124 Å². The van der Waals surface area contributed by atoms with Crippen LogP contribution in [0.25, 0.3) is 17.5 Å². The Morgan fingerprint density at radius 3 is 2.54 bits per heavy atom. The molecule has 0 bridgehead atoms. The maximum Gasteiger partial charge on any atom is 0.292 e. The second kappa shape index (κ2) is 11.5. The molecule has 0 saturated heterocycles. The summed E-state index contributed by atoms with van der Waals surface area (Å²) in [6, 6.07) is 23.2. The molecule has 1 N–H and O–H groups in total. The fourth-order valence-corrected chi connectivity index (χ4v) is 3.54. The molecule has 0 radical (unpaired) electrons. The third kappa shape index (κ3) is 6.71. The van der Waals surface area contributed by atoms with Crippen molar-refractivity contribution in [2.24, 2.45) is 4.99 Å². The van der Waals surface area contributed by atoms with Crippen molar-refractivity contribution in [3.05, 3.63) is 101 Å². The van der Waals surface area contributed by atoms with E-state index in [2.05, 4.69) is 20.5 Å². The van der Waals surface area contributed by atoms with Crippen LogP contribution in [-0.4, -0.2) is 33.0 Å². The Balaban J connectivity index is 1.30. The van der Waals surface area contributed by atoms with Gasteiger partial charge in [0.05, 0.1) is 16.4 Å². The number of rotatable bonds is 9. The van der Waals surface area contributed by atoms with E-state index in [4.69, 9.17) is 4.42 Å². The summed E-state index contributed by atoms with van der Waals surface area (Å²) in [4.78, 5) is 27.1. The molecule has 0 saturated carbocycles. The van der Waals surface area contributed by atoms with Gasteiger partial charge in [-0.05, 0) is 42.0 Å². The summed E-state index contributed by atoms with van der Waals surface area (Å²) in [6.45, 7) is 0. The largest absolute Gasteiger partial charge is 0.411 e. The average Bonchev–Trinajstić information content (AvgIpc) is 3.36. The normalized spacial score (nSPS) is 11.2. The first-order chi connectivity index (χ1) is 17.1.